The number of rotatable bonds is 7. The molecule has 1 saturated heterocycles. The molecule has 1 atom stereocenters. The molecule has 2 aromatic rings. The summed E-state index contributed by atoms with van der Waals surface area (Å²) in [5, 5.41) is 9.31. The number of carbonyl (C=O) groups is 1. The van der Waals surface area contributed by atoms with Gasteiger partial charge in [-0.25, -0.2) is 0 Å². The standard InChI is InChI=1S/C18H24N4O2S2/c1-3-15(16(23)24-4-2)25-18-20-19-17(26-18)22-12-10-21(11-13-22)14-8-6-5-7-9-14/h5-9,15H,3-4,10-13H2,1-2H3/t15-/m1/s1. The van der Waals surface area contributed by atoms with Gasteiger partial charge in [-0.15, -0.1) is 10.2 Å². The number of piperazine rings is 1. The third kappa shape index (κ3) is 4.67. The van der Waals surface area contributed by atoms with Gasteiger partial charge in [0, 0.05) is 31.9 Å². The Labute approximate surface area is 162 Å². The number of carbonyl (C=O) groups excluding carboxylic acids is 1. The van der Waals surface area contributed by atoms with Gasteiger partial charge in [0.25, 0.3) is 0 Å². The highest BCUT2D eigenvalue weighted by molar-refractivity contribution is 8.02. The summed E-state index contributed by atoms with van der Waals surface area (Å²) < 4.78 is 5.95. The summed E-state index contributed by atoms with van der Waals surface area (Å²) >= 11 is 3.01. The smallest absolute Gasteiger partial charge is 0.319 e. The first kappa shape index (κ1) is 19.0. The second-order valence-corrected chi connectivity index (χ2v) is 8.33. The summed E-state index contributed by atoms with van der Waals surface area (Å²) in [5.41, 5.74) is 1.26. The molecule has 3 rings (SSSR count). The highest BCUT2D eigenvalue weighted by atomic mass is 32.2. The predicted molar refractivity (Wildman–Crippen MR) is 107 cm³/mol. The van der Waals surface area contributed by atoms with Crippen molar-refractivity contribution in [1.82, 2.24) is 10.2 Å². The van der Waals surface area contributed by atoms with Crippen LogP contribution in [0.4, 0.5) is 10.8 Å². The Kier molecular flexibility index (Phi) is 6.73. The fraction of sp³-hybridized carbons (Fsp3) is 0.500. The zero-order valence-electron chi connectivity index (χ0n) is 15.1. The number of aromatic nitrogens is 2. The van der Waals surface area contributed by atoms with E-state index < -0.39 is 0 Å². The van der Waals surface area contributed by atoms with Crippen molar-refractivity contribution in [1.29, 1.82) is 0 Å². The van der Waals surface area contributed by atoms with Gasteiger partial charge in [-0.1, -0.05) is 48.2 Å². The maximum atomic E-state index is 12.0. The Hall–Kier alpha value is -1.80. The summed E-state index contributed by atoms with van der Waals surface area (Å²) in [4.78, 5) is 16.6. The zero-order valence-corrected chi connectivity index (χ0v) is 16.8. The molecule has 1 fully saturated rings. The molecule has 1 aromatic carbocycles. The molecule has 0 N–H and O–H groups in total. The quantitative estimate of drug-likeness (QED) is 0.529. The Morgan fingerprint density at radius 3 is 2.50 bits per heavy atom. The molecular weight excluding hydrogens is 368 g/mol. The van der Waals surface area contributed by atoms with E-state index in [0.29, 0.717) is 13.0 Å². The average molecular weight is 393 g/mol. The lowest BCUT2D eigenvalue weighted by Crippen LogP contribution is -2.46. The molecule has 140 valence electrons. The molecule has 2 heterocycles. The molecule has 0 aliphatic carbocycles. The molecule has 8 heteroatoms. The summed E-state index contributed by atoms with van der Waals surface area (Å²) in [6, 6.07) is 10.5. The van der Waals surface area contributed by atoms with Crippen LogP contribution in [-0.4, -0.2) is 54.2 Å². The van der Waals surface area contributed by atoms with Crippen LogP contribution in [0.5, 0.6) is 0 Å². The van der Waals surface area contributed by atoms with Gasteiger partial charge in [-0.2, -0.15) is 0 Å². The number of hydrogen-bond donors (Lipinski definition) is 0. The summed E-state index contributed by atoms with van der Waals surface area (Å²) in [6.07, 6.45) is 0.716. The summed E-state index contributed by atoms with van der Waals surface area (Å²) in [7, 11) is 0. The number of thioether (sulfide) groups is 1. The van der Waals surface area contributed by atoms with E-state index in [4.69, 9.17) is 4.74 Å². The molecule has 6 nitrogen and oxygen atoms in total. The molecular formula is C18H24N4O2S2. The fourth-order valence-corrected chi connectivity index (χ4v) is 4.89. The number of anilines is 2. The molecule has 26 heavy (non-hydrogen) atoms. The van der Waals surface area contributed by atoms with Crippen LogP contribution < -0.4 is 9.80 Å². The molecule has 0 amide bonds. The van der Waals surface area contributed by atoms with Crippen molar-refractivity contribution in [2.75, 3.05) is 42.6 Å². The minimum Gasteiger partial charge on any atom is -0.465 e. The highest BCUT2D eigenvalue weighted by Gasteiger charge is 2.24. The van der Waals surface area contributed by atoms with Crippen molar-refractivity contribution in [3.63, 3.8) is 0 Å². The van der Waals surface area contributed by atoms with E-state index in [0.717, 1.165) is 35.7 Å². The molecule has 0 unspecified atom stereocenters. The number of para-hydroxylation sites is 1. The van der Waals surface area contributed by atoms with Crippen molar-refractivity contribution in [3.05, 3.63) is 30.3 Å². The monoisotopic (exact) mass is 392 g/mol. The first-order valence-electron chi connectivity index (χ1n) is 8.93. The van der Waals surface area contributed by atoms with Crippen molar-refractivity contribution in [2.45, 2.75) is 29.9 Å². The van der Waals surface area contributed by atoms with Crippen LogP contribution in [0.25, 0.3) is 0 Å². The molecule has 1 aromatic heterocycles. The maximum absolute atomic E-state index is 12.0. The van der Waals surface area contributed by atoms with Crippen molar-refractivity contribution >= 4 is 39.9 Å². The van der Waals surface area contributed by atoms with Gasteiger partial charge in [0.2, 0.25) is 5.13 Å². The predicted octanol–water partition coefficient (Wildman–Crippen LogP) is 3.30. The number of hydrogen-bond acceptors (Lipinski definition) is 8. The van der Waals surface area contributed by atoms with Gasteiger partial charge in [0.1, 0.15) is 5.25 Å². The molecule has 0 saturated carbocycles. The zero-order chi connectivity index (χ0) is 18.4. The summed E-state index contributed by atoms with van der Waals surface area (Å²) in [6.45, 7) is 7.99. The van der Waals surface area contributed by atoms with Crippen molar-refractivity contribution in [2.24, 2.45) is 0 Å². The lowest BCUT2D eigenvalue weighted by atomic mass is 10.2. The normalized spacial score (nSPS) is 15.8. The van der Waals surface area contributed by atoms with E-state index in [1.54, 1.807) is 11.3 Å². The molecule has 1 aliphatic heterocycles. The maximum Gasteiger partial charge on any atom is 0.319 e. The topological polar surface area (TPSA) is 58.6 Å². The molecule has 0 radical (unpaired) electrons. The van der Waals surface area contributed by atoms with Crippen LogP contribution >= 0.6 is 23.1 Å². The van der Waals surface area contributed by atoms with Crippen LogP contribution in [0.1, 0.15) is 20.3 Å². The largest absolute Gasteiger partial charge is 0.465 e. The first-order chi connectivity index (χ1) is 12.7. The van der Waals surface area contributed by atoms with Gasteiger partial charge in [-0.3, -0.25) is 4.79 Å². The average Bonchev–Trinajstić information content (AvgIpc) is 3.16. The van der Waals surface area contributed by atoms with E-state index >= 15 is 0 Å². The molecule has 0 spiro atoms. The Bertz CT molecular complexity index is 702. The Morgan fingerprint density at radius 2 is 1.85 bits per heavy atom. The minimum absolute atomic E-state index is 0.173. The van der Waals surface area contributed by atoms with Gasteiger partial charge in [0.05, 0.1) is 6.61 Å². The van der Waals surface area contributed by atoms with Gasteiger partial charge in [-0.05, 0) is 25.5 Å². The van der Waals surface area contributed by atoms with E-state index in [1.807, 2.05) is 19.9 Å². The van der Waals surface area contributed by atoms with Crippen LogP contribution in [-0.2, 0) is 9.53 Å². The van der Waals surface area contributed by atoms with Crippen LogP contribution in [0.3, 0.4) is 0 Å². The van der Waals surface area contributed by atoms with Crippen molar-refractivity contribution in [3.8, 4) is 0 Å². The second-order valence-electron chi connectivity index (χ2n) is 5.93. The Morgan fingerprint density at radius 1 is 1.15 bits per heavy atom. The first-order valence-corrected chi connectivity index (χ1v) is 10.6. The van der Waals surface area contributed by atoms with Gasteiger partial charge < -0.3 is 14.5 Å². The summed E-state index contributed by atoms with van der Waals surface area (Å²) in [5.74, 6) is -0.173. The van der Waals surface area contributed by atoms with Crippen molar-refractivity contribution < 1.29 is 9.53 Å². The second kappa shape index (κ2) is 9.23. The third-order valence-electron chi connectivity index (χ3n) is 4.23. The SMILES string of the molecule is CCOC(=O)[C@@H](CC)Sc1nnc(N2CCN(c3ccccc3)CC2)s1. The van der Waals surface area contributed by atoms with Crippen LogP contribution in [0, 0.1) is 0 Å². The van der Waals surface area contributed by atoms with Gasteiger partial charge >= 0.3 is 5.97 Å². The lowest BCUT2D eigenvalue weighted by molar-refractivity contribution is -0.142. The Balaban J connectivity index is 1.56. The van der Waals surface area contributed by atoms with E-state index in [1.165, 1.54) is 17.4 Å². The minimum atomic E-state index is -0.217. The van der Waals surface area contributed by atoms with Gasteiger partial charge in [0.15, 0.2) is 4.34 Å². The van der Waals surface area contributed by atoms with Crippen LogP contribution in [0.15, 0.2) is 34.7 Å². The number of nitrogens with zero attached hydrogens (tertiary/aromatic N) is 4. The lowest BCUT2D eigenvalue weighted by Gasteiger charge is -2.35. The molecule has 0 bridgehead atoms. The van der Waals surface area contributed by atoms with Crippen LogP contribution in [0.2, 0.25) is 0 Å². The molecule has 1 aliphatic rings. The third-order valence-corrected chi connectivity index (χ3v) is 6.64. The van der Waals surface area contributed by atoms with E-state index in [-0.39, 0.29) is 11.2 Å². The number of esters is 1. The fourth-order valence-electron chi connectivity index (χ4n) is 2.83. The number of benzene rings is 1. The van der Waals surface area contributed by atoms with E-state index in [9.17, 15) is 4.79 Å². The van der Waals surface area contributed by atoms with E-state index in [2.05, 4.69) is 44.3 Å². The highest BCUT2D eigenvalue weighted by Crippen LogP contribution is 2.33. The number of ether oxygens (including phenoxy) is 1.